The topological polar surface area (TPSA) is 82.8 Å². The van der Waals surface area contributed by atoms with Gasteiger partial charge in [-0.1, -0.05) is 19.1 Å². The minimum absolute atomic E-state index is 0.241. The van der Waals surface area contributed by atoms with Gasteiger partial charge in [-0.15, -0.1) is 0 Å². The summed E-state index contributed by atoms with van der Waals surface area (Å²) in [6, 6.07) is 5.11. The molecule has 130 valence electrons. The van der Waals surface area contributed by atoms with E-state index in [1.54, 1.807) is 7.11 Å². The number of benzene rings is 1. The molecule has 6 nitrogen and oxygen atoms in total. The first-order valence-corrected chi connectivity index (χ1v) is 7.80. The lowest BCUT2D eigenvalue weighted by Crippen LogP contribution is -2.36. The molecule has 0 radical (unpaired) electrons. The Morgan fingerprint density at radius 1 is 1.35 bits per heavy atom. The molecule has 0 saturated heterocycles. The summed E-state index contributed by atoms with van der Waals surface area (Å²) >= 11 is 0. The molecular formula is C17H28N2O4. The van der Waals surface area contributed by atoms with Crippen LogP contribution in [-0.4, -0.2) is 32.0 Å². The number of para-hydroxylation sites is 1. The van der Waals surface area contributed by atoms with Crippen molar-refractivity contribution in [3.8, 4) is 11.5 Å². The molecule has 1 aromatic carbocycles. The van der Waals surface area contributed by atoms with E-state index in [0.717, 1.165) is 12.0 Å². The molecule has 1 unspecified atom stereocenters. The Hall–Kier alpha value is -1.95. The Balaban J connectivity index is 2.78. The molecule has 1 rings (SSSR count). The van der Waals surface area contributed by atoms with Crippen LogP contribution < -0.4 is 20.5 Å². The standard InChI is InChI=1S/C17H28N2O4/c1-6-10-22-15-12(8-7-9-14(15)21-5)13(18)11-19-16(20)23-17(2,3)4/h7-9,13H,6,10-11,18H2,1-5H3,(H,19,20). The molecule has 0 aliphatic carbocycles. The van der Waals surface area contributed by atoms with E-state index in [0.29, 0.717) is 18.1 Å². The SMILES string of the molecule is CCCOc1c(OC)cccc1C(N)CNC(=O)OC(C)(C)C. The summed E-state index contributed by atoms with van der Waals surface area (Å²) in [6.45, 7) is 8.27. The van der Waals surface area contributed by atoms with Crippen molar-refractivity contribution >= 4 is 6.09 Å². The fourth-order valence-electron chi connectivity index (χ4n) is 1.96. The average molecular weight is 324 g/mol. The van der Waals surface area contributed by atoms with Gasteiger partial charge in [0.05, 0.1) is 19.8 Å². The summed E-state index contributed by atoms with van der Waals surface area (Å²) < 4.78 is 16.3. The van der Waals surface area contributed by atoms with Crippen LogP contribution in [-0.2, 0) is 4.74 Å². The number of amides is 1. The first kappa shape index (κ1) is 19.1. The normalized spacial score (nSPS) is 12.4. The first-order chi connectivity index (χ1) is 10.8. The molecule has 0 fully saturated rings. The molecule has 23 heavy (non-hydrogen) atoms. The lowest BCUT2D eigenvalue weighted by atomic mass is 10.1. The maximum absolute atomic E-state index is 11.7. The predicted molar refractivity (Wildman–Crippen MR) is 89.9 cm³/mol. The molecule has 3 N–H and O–H groups in total. The third-order valence-corrected chi connectivity index (χ3v) is 2.94. The Kier molecular flexibility index (Phi) is 7.16. The zero-order valence-corrected chi connectivity index (χ0v) is 14.6. The molecule has 0 aromatic heterocycles. The van der Waals surface area contributed by atoms with Crippen LogP contribution in [0.1, 0.15) is 45.7 Å². The molecule has 0 saturated carbocycles. The molecule has 0 aliphatic rings. The van der Waals surface area contributed by atoms with E-state index < -0.39 is 17.7 Å². The van der Waals surface area contributed by atoms with Gasteiger partial charge < -0.3 is 25.3 Å². The Morgan fingerprint density at radius 2 is 2.04 bits per heavy atom. The van der Waals surface area contributed by atoms with E-state index >= 15 is 0 Å². The molecule has 0 spiro atoms. The van der Waals surface area contributed by atoms with Gasteiger partial charge in [-0.3, -0.25) is 0 Å². The summed E-state index contributed by atoms with van der Waals surface area (Å²) in [5, 5.41) is 2.68. The molecule has 1 amide bonds. The first-order valence-electron chi connectivity index (χ1n) is 7.80. The van der Waals surface area contributed by atoms with Crippen molar-refractivity contribution in [3.05, 3.63) is 23.8 Å². The maximum atomic E-state index is 11.7. The van der Waals surface area contributed by atoms with Crippen LogP contribution in [0, 0.1) is 0 Å². The zero-order valence-electron chi connectivity index (χ0n) is 14.6. The molecule has 0 bridgehead atoms. The van der Waals surface area contributed by atoms with Crippen LogP contribution in [0.5, 0.6) is 11.5 Å². The number of hydrogen-bond acceptors (Lipinski definition) is 5. The number of nitrogens with two attached hydrogens (primary N) is 1. The van der Waals surface area contributed by atoms with Crippen molar-refractivity contribution in [2.75, 3.05) is 20.3 Å². The second-order valence-corrected chi connectivity index (χ2v) is 6.22. The highest BCUT2D eigenvalue weighted by Gasteiger charge is 2.20. The molecule has 0 heterocycles. The third-order valence-electron chi connectivity index (χ3n) is 2.94. The summed E-state index contributed by atoms with van der Waals surface area (Å²) in [5.74, 6) is 1.25. The van der Waals surface area contributed by atoms with Crippen molar-refractivity contribution in [3.63, 3.8) is 0 Å². The number of carbonyl (C=O) groups is 1. The fourth-order valence-corrected chi connectivity index (χ4v) is 1.96. The van der Waals surface area contributed by atoms with Crippen LogP contribution in [0.15, 0.2) is 18.2 Å². The van der Waals surface area contributed by atoms with Crippen LogP contribution >= 0.6 is 0 Å². The van der Waals surface area contributed by atoms with Crippen molar-refractivity contribution in [2.24, 2.45) is 5.73 Å². The van der Waals surface area contributed by atoms with Gasteiger partial charge in [0.2, 0.25) is 0 Å². The van der Waals surface area contributed by atoms with Crippen LogP contribution in [0.25, 0.3) is 0 Å². The highest BCUT2D eigenvalue weighted by Crippen LogP contribution is 2.34. The second kappa shape index (κ2) is 8.62. The fraction of sp³-hybridized carbons (Fsp3) is 0.588. The van der Waals surface area contributed by atoms with Crippen LogP contribution in [0.3, 0.4) is 0 Å². The van der Waals surface area contributed by atoms with E-state index in [2.05, 4.69) is 5.32 Å². The number of methoxy groups -OCH3 is 1. The van der Waals surface area contributed by atoms with E-state index in [1.165, 1.54) is 0 Å². The number of nitrogens with one attached hydrogen (secondary N) is 1. The van der Waals surface area contributed by atoms with Crippen molar-refractivity contribution in [2.45, 2.75) is 45.8 Å². The number of carbonyl (C=O) groups excluding carboxylic acids is 1. The Morgan fingerprint density at radius 3 is 2.61 bits per heavy atom. The summed E-state index contributed by atoms with van der Waals surface area (Å²) in [4.78, 5) is 11.7. The molecule has 6 heteroatoms. The number of alkyl carbamates (subject to hydrolysis) is 1. The monoisotopic (exact) mass is 324 g/mol. The largest absolute Gasteiger partial charge is 0.493 e. The van der Waals surface area contributed by atoms with Gasteiger partial charge in [0.15, 0.2) is 11.5 Å². The number of ether oxygens (including phenoxy) is 3. The van der Waals surface area contributed by atoms with Crippen molar-refractivity contribution in [1.82, 2.24) is 5.32 Å². The lowest BCUT2D eigenvalue weighted by molar-refractivity contribution is 0.0524. The van der Waals surface area contributed by atoms with Gasteiger partial charge in [-0.05, 0) is 33.3 Å². The Bertz CT molecular complexity index is 512. The number of hydrogen-bond donors (Lipinski definition) is 2. The maximum Gasteiger partial charge on any atom is 0.407 e. The molecule has 0 aliphatic heterocycles. The van der Waals surface area contributed by atoms with Gasteiger partial charge in [-0.25, -0.2) is 4.79 Å². The number of rotatable bonds is 7. The summed E-state index contributed by atoms with van der Waals surface area (Å²) in [7, 11) is 1.59. The predicted octanol–water partition coefficient (Wildman–Crippen LogP) is 3.01. The molecule has 1 aromatic rings. The third kappa shape index (κ3) is 6.36. The van der Waals surface area contributed by atoms with Crippen molar-refractivity contribution < 1.29 is 19.0 Å². The summed E-state index contributed by atoms with van der Waals surface area (Å²) in [6.07, 6.45) is 0.384. The van der Waals surface area contributed by atoms with Crippen LogP contribution in [0.2, 0.25) is 0 Å². The van der Waals surface area contributed by atoms with Crippen molar-refractivity contribution in [1.29, 1.82) is 0 Å². The zero-order chi connectivity index (χ0) is 17.5. The minimum atomic E-state index is -0.542. The van der Waals surface area contributed by atoms with Gasteiger partial charge in [-0.2, -0.15) is 0 Å². The lowest BCUT2D eigenvalue weighted by Gasteiger charge is -2.22. The quantitative estimate of drug-likeness (QED) is 0.805. The second-order valence-electron chi connectivity index (χ2n) is 6.22. The highest BCUT2D eigenvalue weighted by atomic mass is 16.6. The van der Waals surface area contributed by atoms with Crippen LogP contribution in [0.4, 0.5) is 4.79 Å². The van der Waals surface area contributed by atoms with E-state index in [1.807, 2.05) is 45.9 Å². The summed E-state index contributed by atoms with van der Waals surface area (Å²) in [5.41, 5.74) is 6.44. The van der Waals surface area contributed by atoms with Gasteiger partial charge in [0.1, 0.15) is 5.60 Å². The minimum Gasteiger partial charge on any atom is -0.493 e. The Labute approximate surface area is 138 Å². The average Bonchev–Trinajstić information content (AvgIpc) is 2.48. The van der Waals surface area contributed by atoms with Gasteiger partial charge in [0.25, 0.3) is 0 Å². The molecule has 1 atom stereocenters. The van der Waals surface area contributed by atoms with Gasteiger partial charge >= 0.3 is 6.09 Å². The van der Waals surface area contributed by atoms with E-state index in [-0.39, 0.29) is 6.54 Å². The van der Waals surface area contributed by atoms with E-state index in [4.69, 9.17) is 19.9 Å². The molecular weight excluding hydrogens is 296 g/mol. The van der Waals surface area contributed by atoms with E-state index in [9.17, 15) is 4.79 Å². The van der Waals surface area contributed by atoms with Gasteiger partial charge in [0, 0.05) is 12.1 Å². The highest BCUT2D eigenvalue weighted by molar-refractivity contribution is 5.67. The smallest absolute Gasteiger partial charge is 0.407 e.